The van der Waals surface area contributed by atoms with Crippen LogP contribution in [0.15, 0.2) is 47.4 Å². The molecule has 1 amide bonds. The molecule has 0 atom stereocenters. The summed E-state index contributed by atoms with van der Waals surface area (Å²) in [4.78, 5) is 28.6. The van der Waals surface area contributed by atoms with Crippen molar-refractivity contribution >= 4 is 23.1 Å². The Morgan fingerprint density at radius 2 is 1.95 bits per heavy atom. The predicted molar refractivity (Wildman–Crippen MR) is 153 cm³/mol. The summed E-state index contributed by atoms with van der Waals surface area (Å²) in [7, 11) is 1.71. The summed E-state index contributed by atoms with van der Waals surface area (Å²) in [5.74, 6) is 0.585. The standard InChI is InChI=1S/C30H33N7O3/c1-34-17-20(13-24(29(34)39)32-28-15-21-16-31-9-10-37(21)33-28)22-6-4-8-26(23(22)18-38)36-12-11-35-25-7-3-2-5-19(25)14-27(35)30(36)40/h4,6,8,13-15,17,31,38H,2-3,5,7,9-12,16,18H2,1H3,(H,32,33). The summed E-state index contributed by atoms with van der Waals surface area (Å²) in [6.07, 6.45) is 6.16. The zero-order valence-corrected chi connectivity index (χ0v) is 22.6. The Hall–Kier alpha value is -4.15. The summed E-state index contributed by atoms with van der Waals surface area (Å²) in [6, 6.07) is 11.6. The molecule has 3 aliphatic rings. The SMILES string of the molecule is Cn1cc(-c2cccc(N3CCn4c(cc5c4CCCC5)C3=O)c2CO)cc(Nc2cc3n(n2)CCNC3)c1=O. The number of aromatic nitrogens is 4. The summed E-state index contributed by atoms with van der Waals surface area (Å²) in [5, 5.41) is 21.7. The van der Waals surface area contributed by atoms with Crippen LogP contribution in [-0.4, -0.2) is 43.0 Å². The van der Waals surface area contributed by atoms with E-state index in [4.69, 9.17) is 0 Å². The first-order chi connectivity index (χ1) is 19.5. The van der Waals surface area contributed by atoms with Gasteiger partial charge in [-0.15, -0.1) is 0 Å². The van der Waals surface area contributed by atoms with Crippen LogP contribution in [0.2, 0.25) is 0 Å². The van der Waals surface area contributed by atoms with Crippen molar-refractivity contribution in [3.05, 3.63) is 81.2 Å². The minimum absolute atomic E-state index is 0.0337. The van der Waals surface area contributed by atoms with E-state index >= 15 is 0 Å². The van der Waals surface area contributed by atoms with Gasteiger partial charge in [0.2, 0.25) is 0 Å². The second-order valence-electron chi connectivity index (χ2n) is 10.9. The van der Waals surface area contributed by atoms with E-state index in [1.165, 1.54) is 28.7 Å². The molecule has 0 bridgehead atoms. The highest BCUT2D eigenvalue weighted by Crippen LogP contribution is 2.35. The van der Waals surface area contributed by atoms with E-state index in [-0.39, 0.29) is 18.1 Å². The third-order valence-electron chi connectivity index (χ3n) is 8.45. The Balaban J connectivity index is 1.25. The minimum Gasteiger partial charge on any atom is -0.392 e. The van der Waals surface area contributed by atoms with Crippen LogP contribution in [0.4, 0.5) is 17.2 Å². The lowest BCUT2D eigenvalue weighted by atomic mass is 9.98. The smallest absolute Gasteiger partial charge is 0.274 e. The molecule has 4 aromatic rings. The van der Waals surface area contributed by atoms with Gasteiger partial charge in [0.15, 0.2) is 5.82 Å². The molecule has 1 aliphatic carbocycles. The fourth-order valence-electron chi connectivity index (χ4n) is 6.47. The molecule has 5 heterocycles. The van der Waals surface area contributed by atoms with Gasteiger partial charge in [-0.2, -0.15) is 5.10 Å². The Labute approximate surface area is 231 Å². The molecule has 3 N–H and O–H groups in total. The number of amides is 1. The summed E-state index contributed by atoms with van der Waals surface area (Å²) >= 11 is 0. The van der Waals surface area contributed by atoms with Crippen molar-refractivity contribution in [1.29, 1.82) is 0 Å². The Kier molecular flexibility index (Phi) is 6.09. The number of carbonyl (C=O) groups excluding carboxylic acids is 1. The molecular formula is C30H33N7O3. The van der Waals surface area contributed by atoms with Gasteiger partial charge < -0.3 is 29.8 Å². The van der Waals surface area contributed by atoms with Crippen molar-refractivity contribution in [3.63, 3.8) is 0 Å². The van der Waals surface area contributed by atoms with Crippen LogP contribution in [0.25, 0.3) is 11.1 Å². The lowest BCUT2D eigenvalue weighted by Gasteiger charge is -2.31. The van der Waals surface area contributed by atoms with E-state index in [0.29, 0.717) is 29.3 Å². The Bertz CT molecular complexity index is 1670. The molecule has 206 valence electrons. The maximum atomic E-state index is 13.7. The second kappa shape index (κ2) is 9.79. The quantitative estimate of drug-likeness (QED) is 0.360. The highest BCUT2D eigenvalue weighted by atomic mass is 16.3. The van der Waals surface area contributed by atoms with E-state index in [0.717, 1.165) is 61.5 Å². The van der Waals surface area contributed by atoms with E-state index < -0.39 is 0 Å². The fraction of sp³-hybridized carbons (Fsp3) is 0.367. The van der Waals surface area contributed by atoms with Gasteiger partial charge in [-0.1, -0.05) is 12.1 Å². The number of nitrogens with zero attached hydrogens (tertiary/aromatic N) is 5. The largest absolute Gasteiger partial charge is 0.392 e. The van der Waals surface area contributed by atoms with Gasteiger partial charge in [0.05, 0.1) is 24.5 Å². The Morgan fingerprint density at radius 1 is 1.07 bits per heavy atom. The van der Waals surface area contributed by atoms with Crippen molar-refractivity contribution in [2.75, 3.05) is 23.3 Å². The van der Waals surface area contributed by atoms with Crippen LogP contribution in [0.5, 0.6) is 0 Å². The molecule has 0 radical (unpaired) electrons. The number of hydrogen-bond acceptors (Lipinski definition) is 6. The van der Waals surface area contributed by atoms with Gasteiger partial charge in [-0.05, 0) is 55.0 Å². The van der Waals surface area contributed by atoms with E-state index in [9.17, 15) is 14.7 Å². The molecule has 1 aromatic carbocycles. The van der Waals surface area contributed by atoms with Crippen molar-refractivity contribution in [1.82, 2.24) is 24.2 Å². The van der Waals surface area contributed by atoms with Crippen LogP contribution in [0.3, 0.4) is 0 Å². The van der Waals surface area contributed by atoms with Crippen molar-refractivity contribution in [3.8, 4) is 11.1 Å². The average Bonchev–Trinajstić information content (AvgIpc) is 3.56. The van der Waals surface area contributed by atoms with Crippen LogP contribution in [0, 0.1) is 0 Å². The van der Waals surface area contributed by atoms with Gasteiger partial charge >= 0.3 is 0 Å². The number of pyridine rings is 1. The van der Waals surface area contributed by atoms with Crippen molar-refractivity contribution in [2.24, 2.45) is 7.05 Å². The molecule has 3 aromatic heterocycles. The van der Waals surface area contributed by atoms with Gasteiger partial charge in [-0.3, -0.25) is 14.3 Å². The first kappa shape index (κ1) is 24.9. The fourth-order valence-corrected chi connectivity index (χ4v) is 6.47. The minimum atomic E-state index is -0.237. The topological polar surface area (TPSA) is 109 Å². The molecule has 10 nitrogen and oxygen atoms in total. The zero-order chi connectivity index (χ0) is 27.4. The molecule has 7 rings (SSSR count). The number of carbonyl (C=O) groups is 1. The molecule has 40 heavy (non-hydrogen) atoms. The molecular weight excluding hydrogens is 506 g/mol. The number of aliphatic hydroxyl groups excluding tert-OH is 1. The van der Waals surface area contributed by atoms with Crippen LogP contribution in [0.1, 0.15) is 45.8 Å². The first-order valence-corrected chi connectivity index (χ1v) is 14.0. The number of aryl methyl sites for hydroxylation is 2. The number of benzene rings is 1. The Morgan fingerprint density at radius 3 is 2.80 bits per heavy atom. The number of fused-ring (bicyclic) bond motifs is 4. The van der Waals surface area contributed by atoms with Crippen molar-refractivity contribution < 1.29 is 9.90 Å². The molecule has 0 unspecified atom stereocenters. The van der Waals surface area contributed by atoms with Crippen LogP contribution >= 0.6 is 0 Å². The van der Waals surface area contributed by atoms with Gasteiger partial charge in [0.25, 0.3) is 11.5 Å². The van der Waals surface area contributed by atoms with Crippen molar-refractivity contribution in [2.45, 2.75) is 51.9 Å². The highest BCUT2D eigenvalue weighted by Gasteiger charge is 2.31. The number of aliphatic hydroxyl groups is 1. The summed E-state index contributed by atoms with van der Waals surface area (Å²) < 4.78 is 5.68. The third-order valence-corrected chi connectivity index (χ3v) is 8.45. The van der Waals surface area contributed by atoms with Gasteiger partial charge in [-0.25, -0.2) is 0 Å². The van der Waals surface area contributed by atoms with E-state index in [1.54, 1.807) is 24.2 Å². The average molecular weight is 540 g/mol. The molecule has 10 heteroatoms. The lowest BCUT2D eigenvalue weighted by Crippen LogP contribution is -2.41. The number of hydrogen-bond donors (Lipinski definition) is 3. The molecule has 0 spiro atoms. The van der Waals surface area contributed by atoms with E-state index in [2.05, 4.69) is 26.4 Å². The zero-order valence-electron chi connectivity index (χ0n) is 22.6. The molecule has 0 saturated carbocycles. The maximum absolute atomic E-state index is 13.7. The van der Waals surface area contributed by atoms with Crippen LogP contribution in [-0.2, 0) is 46.1 Å². The molecule has 0 saturated heterocycles. The number of anilines is 3. The van der Waals surface area contributed by atoms with Gasteiger partial charge in [0.1, 0.15) is 11.4 Å². The first-order valence-electron chi connectivity index (χ1n) is 14.0. The lowest BCUT2D eigenvalue weighted by molar-refractivity contribution is 0.0964. The third kappa shape index (κ3) is 4.06. The summed E-state index contributed by atoms with van der Waals surface area (Å²) in [6.45, 7) is 3.43. The normalized spacial score (nSPS) is 16.4. The summed E-state index contributed by atoms with van der Waals surface area (Å²) in [5.41, 5.74) is 7.54. The van der Waals surface area contributed by atoms with Gasteiger partial charge in [0, 0.05) is 62.3 Å². The number of rotatable bonds is 5. The molecule has 0 fully saturated rings. The van der Waals surface area contributed by atoms with Crippen LogP contribution < -0.4 is 21.1 Å². The highest BCUT2D eigenvalue weighted by molar-refractivity contribution is 6.07. The number of nitrogens with one attached hydrogen (secondary N) is 2. The maximum Gasteiger partial charge on any atom is 0.274 e. The van der Waals surface area contributed by atoms with E-state index in [1.807, 2.05) is 28.9 Å². The molecule has 2 aliphatic heterocycles. The second-order valence-corrected chi connectivity index (χ2v) is 10.9. The predicted octanol–water partition coefficient (Wildman–Crippen LogP) is 2.93. The monoisotopic (exact) mass is 539 g/mol.